The van der Waals surface area contributed by atoms with Crippen molar-refractivity contribution in [3.05, 3.63) is 65.4 Å². The first kappa shape index (κ1) is 11.4. The van der Waals surface area contributed by atoms with Gasteiger partial charge in [0.15, 0.2) is 0 Å². The molecule has 90 valence electrons. The predicted octanol–water partition coefficient (Wildman–Crippen LogP) is 3.40. The van der Waals surface area contributed by atoms with E-state index in [0.29, 0.717) is 0 Å². The third kappa shape index (κ3) is 2.16. The van der Waals surface area contributed by atoms with Gasteiger partial charge in [-0.3, -0.25) is 0 Å². The van der Waals surface area contributed by atoms with E-state index in [-0.39, 0.29) is 8.41 Å². The Labute approximate surface area is 110 Å². The molecular weight excluding hydrogens is 234 g/mol. The predicted molar refractivity (Wildman–Crippen MR) is 81.6 cm³/mol. The van der Waals surface area contributed by atoms with Gasteiger partial charge in [-0.2, -0.15) is 0 Å². The van der Waals surface area contributed by atoms with Crippen LogP contribution in [-0.2, 0) is 0 Å². The number of hydrogen-bond donors (Lipinski definition) is 0. The van der Waals surface area contributed by atoms with Crippen LogP contribution in [0.5, 0.6) is 0 Å². The van der Waals surface area contributed by atoms with E-state index in [1.54, 1.807) is 0 Å². The van der Waals surface area contributed by atoms with Crippen molar-refractivity contribution in [3.63, 3.8) is 0 Å². The first-order chi connectivity index (χ1) is 8.72. The zero-order valence-electron chi connectivity index (χ0n) is 10.9. The number of fused-ring (bicyclic) bond motifs is 1. The SMILES string of the molecule is C[Si](C)=CC1=CC2=CN(c3ccccc3)CC2=C1. The molecule has 0 spiro atoms. The molecule has 0 aromatic heterocycles. The van der Waals surface area contributed by atoms with Crippen LogP contribution in [0.3, 0.4) is 0 Å². The summed E-state index contributed by atoms with van der Waals surface area (Å²) in [6.45, 7) is 5.65. The van der Waals surface area contributed by atoms with Crippen molar-refractivity contribution >= 4 is 19.8 Å². The van der Waals surface area contributed by atoms with Gasteiger partial charge in [0.25, 0.3) is 0 Å². The van der Waals surface area contributed by atoms with Crippen LogP contribution in [0, 0.1) is 0 Å². The molecule has 0 unspecified atom stereocenters. The van der Waals surface area contributed by atoms with Crippen molar-refractivity contribution in [1.29, 1.82) is 0 Å². The van der Waals surface area contributed by atoms with Crippen LogP contribution >= 0.6 is 0 Å². The lowest BCUT2D eigenvalue weighted by Crippen LogP contribution is -2.12. The molecule has 1 aliphatic carbocycles. The Morgan fingerprint density at radius 3 is 2.56 bits per heavy atom. The maximum Gasteiger partial charge on any atom is 0.0482 e. The Bertz CT molecular complexity index is 587. The normalized spacial score (nSPS) is 17.0. The monoisotopic (exact) mass is 251 g/mol. The lowest BCUT2D eigenvalue weighted by atomic mass is 10.2. The lowest BCUT2D eigenvalue weighted by molar-refractivity contribution is 1.11. The largest absolute Gasteiger partial charge is 0.343 e. The van der Waals surface area contributed by atoms with Crippen molar-refractivity contribution in [3.8, 4) is 0 Å². The maximum atomic E-state index is 2.42. The van der Waals surface area contributed by atoms with Crippen molar-refractivity contribution in [2.24, 2.45) is 0 Å². The molecule has 0 radical (unpaired) electrons. The topological polar surface area (TPSA) is 3.24 Å². The third-order valence-corrected chi connectivity index (χ3v) is 4.12. The van der Waals surface area contributed by atoms with Gasteiger partial charge in [-0.25, -0.2) is 0 Å². The van der Waals surface area contributed by atoms with Crippen LogP contribution in [0.4, 0.5) is 5.69 Å². The Morgan fingerprint density at radius 1 is 1.11 bits per heavy atom. The number of nitrogens with zero attached hydrogens (tertiary/aromatic N) is 1. The van der Waals surface area contributed by atoms with Gasteiger partial charge in [0.05, 0.1) is 0 Å². The molecule has 0 bridgehead atoms. The standard InChI is InChI=1S/C16H17NSi/c1-18(2)12-13-8-14-10-17(11-15(14)9-13)16-6-4-3-5-7-16/h3-10,12H,11H2,1-2H3. The van der Waals surface area contributed by atoms with Gasteiger partial charge in [0.2, 0.25) is 0 Å². The van der Waals surface area contributed by atoms with Crippen LogP contribution in [0.2, 0.25) is 13.1 Å². The molecule has 3 rings (SSSR count). The van der Waals surface area contributed by atoms with Crippen molar-refractivity contribution in [1.82, 2.24) is 0 Å². The Hall–Kier alpha value is -1.67. The van der Waals surface area contributed by atoms with Crippen LogP contribution in [0.15, 0.2) is 65.4 Å². The van der Waals surface area contributed by atoms with E-state index in [0.717, 1.165) is 6.54 Å². The highest BCUT2D eigenvalue weighted by atomic mass is 28.2. The van der Waals surface area contributed by atoms with Crippen LogP contribution < -0.4 is 4.90 Å². The molecule has 0 N–H and O–H groups in total. The van der Waals surface area contributed by atoms with Gasteiger partial charge < -0.3 is 4.90 Å². The van der Waals surface area contributed by atoms with Crippen molar-refractivity contribution in [2.75, 3.05) is 11.4 Å². The second-order valence-electron chi connectivity index (χ2n) is 5.08. The van der Waals surface area contributed by atoms with Gasteiger partial charge in [0, 0.05) is 26.8 Å². The van der Waals surface area contributed by atoms with E-state index in [9.17, 15) is 0 Å². The molecular formula is C16H17NSi. The first-order valence-electron chi connectivity index (χ1n) is 6.33. The molecule has 1 aliphatic heterocycles. The number of anilines is 1. The summed E-state index contributed by atoms with van der Waals surface area (Å²) in [5.41, 5.74) is 7.93. The minimum atomic E-state index is -0.292. The molecule has 18 heavy (non-hydrogen) atoms. The molecule has 1 heterocycles. The highest BCUT2D eigenvalue weighted by Gasteiger charge is 2.21. The molecule has 0 amide bonds. The molecule has 2 heteroatoms. The fourth-order valence-corrected chi connectivity index (χ4v) is 3.29. The van der Waals surface area contributed by atoms with Gasteiger partial charge >= 0.3 is 0 Å². The lowest BCUT2D eigenvalue weighted by Gasteiger charge is -2.15. The highest BCUT2D eigenvalue weighted by molar-refractivity contribution is 6.66. The second kappa shape index (κ2) is 4.54. The summed E-state index contributed by atoms with van der Waals surface area (Å²) in [7, 11) is -0.292. The quantitative estimate of drug-likeness (QED) is 0.728. The zero-order chi connectivity index (χ0) is 12.5. The number of benzene rings is 1. The van der Waals surface area contributed by atoms with E-state index >= 15 is 0 Å². The average Bonchev–Trinajstić information content (AvgIpc) is 2.87. The minimum absolute atomic E-state index is 0.292. The maximum absolute atomic E-state index is 2.42. The molecule has 2 aliphatic rings. The van der Waals surface area contributed by atoms with E-state index in [1.165, 1.54) is 22.4 Å². The molecule has 0 saturated carbocycles. The summed E-state index contributed by atoms with van der Waals surface area (Å²) in [5, 5.41) is 0. The average molecular weight is 251 g/mol. The summed E-state index contributed by atoms with van der Waals surface area (Å²) in [6, 6.07) is 10.6. The Balaban J connectivity index is 1.86. The Kier molecular flexibility index (Phi) is 2.88. The summed E-state index contributed by atoms with van der Waals surface area (Å²) < 4.78 is 0. The molecule has 0 saturated heterocycles. The van der Waals surface area contributed by atoms with E-state index in [1.807, 2.05) is 0 Å². The molecule has 0 atom stereocenters. The number of hydrogen-bond acceptors (Lipinski definition) is 1. The smallest absolute Gasteiger partial charge is 0.0482 e. The molecule has 0 fully saturated rings. The second-order valence-corrected chi connectivity index (χ2v) is 7.53. The van der Waals surface area contributed by atoms with Gasteiger partial charge in [-0.15, -0.1) is 0 Å². The van der Waals surface area contributed by atoms with Gasteiger partial charge in [0.1, 0.15) is 0 Å². The van der Waals surface area contributed by atoms with Crippen LogP contribution in [0.25, 0.3) is 0 Å². The minimum Gasteiger partial charge on any atom is -0.343 e. The van der Waals surface area contributed by atoms with Gasteiger partial charge in [-0.05, 0) is 41.0 Å². The van der Waals surface area contributed by atoms with Crippen molar-refractivity contribution in [2.45, 2.75) is 13.1 Å². The number of para-hydroxylation sites is 1. The summed E-state index contributed by atoms with van der Waals surface area (Å²) in [4.78, 5) is 2.32. The summed E-state index contributed by atoms with van der Waals surface area (Å²) in [5.74, 6) is 0. The number of rotatable bonds is 2. The molecule has 1 nitrogen and oxygen atoms in total. The first-order valence-corrected chi connectivity index (χ1v) is 8.91. The Morgan fingerprint density at radius 2 is 1.89 bits per heavy atom. The molecule has 1 aromatic rings. The fourth-order valence-electron chi connectivity index (χ4n) is 2.45. The summed E-state index contributed by atoms with van der Waals surface area (Å²) >= 11 is 0. The van der Waals surface area contributed by atoms with E-state index < -0.39 is 0 Å². The van der Waals surface area contributed by atoms with E-state index in [4.69, 9.17) is 0 Å². The van der Waals surface area contributed by atoms with E-state index in [2.05, 4.69) is 72.3 Å². The third-order valence-electron chi connectivity index (χ3n) is 3.21. The van der Waals surface area contributed by atoms with Gasteiger partial charge in [-0.1, -0.05) is 37.0 Å². The summed E-state index contributed by atoms with van der Waals surface area (Å²) in [6.07, 6.45) is 6.92. The zero-order valence-corrected chi connectivity index (χ0v) is 11.9. The number of allylic oxidation sites excluding steroid dienone is 3. The van der Waals surface area contributed by atoms with Crippen LogP contribution in [-0.4, -0.2) is 20.6 Å². The highest BCUT2D eigenvalue weighted by Crippen LogP contribution is 2.32. The van der Waals surface area contributed by atoms with Crippen molar-refractivity contribution < 1.29 is 0 Å². The van der Waals surface area contributed by atoms with Crippen LogP contribution in [0.1, 0.15) is 0 Å². The molecule has 1 aromatic carbocycles. The fraction of sp³-hybridized carbons (Fsp3) is 0.188.